The molecule has 2 N–H and O–H groups in total. The largest absolute Gasteiger partial charge is 0.484 e. The number of rotatable bonds is 4. The van der Waals surface area contributed by atoms with Crippen molar-refractivity contribution >= 4 is 0 Å². The molecule has 1 unspecified atom stereocenters. The second kappa shape index (κ2) is 5.96. The Morgan fingerprint density at radius 3 is 2.30 bits per heavy atom. The molecule has 0 bridgehead atoms. The highest BCUT2D eigenvalue weighted by Gasteiger charge is 2.30. The van der Waals surface area contributed by atoms with E-state index in [0.29, 0.717) is 0 Å². The van der Waals surface area contributed by atoms with Crippen molar-refractivity contribution in [1.29, 1.82) is 0 Å². The minimum Gasteiger partial charge on any atom is -0.484 e. The fourth-order valence-electron chi connectivity index (χ4n) is 1.83. The van der Waals surface area contributed by atoms with Gasteiger partial charge in [0, 0.05) is 6.54 Å². The van der Waals surface area contributed by atoms with Gasteiger partial charge in [0.25, 0.3) is 0 Å². The van der Waals surface area contributed by atoms with Crippen molar-refractivity contribution in [3.05, 3.63) is 65.7 Å². The predicted octanol–water partition coefficient (Wildman–Crippen LogP) is 3.78. The SMILES string of the molecule is NCC(Oc1cccc(C(F)(F)F)c1)c1ccccc1. The number of nitrogens with two attached hydrogens (primary N) is 1. The number of halogens is 3. The summed E-state index contributed by atoms with van der Waals surface area (Å²) in [5.74, 6) is 0.152. The highest BCUT2D eigenvalue weighted by Crippen LogP contribution is 2.32. The van der Waals surface area contributed by atoms with Crippen LogP contribution in [0.2, 0.25) is 0 Å². The lowest BCUT2D eigenvalue weighted by atomic mass is 10.1. The molecule has 2 aromatic carbocycles. The van der Waals surface area contributed by atoms with Gasteiger partial charge < -0.3 is 10.5 Å². The van der Waals surface area contributed by atoms with Crippen molar-refractivity contribution in [1.82, 2.24) is 0 Å². The summed E-state index contributed by atoms with van der Waals surface area (Å²) in [6.45, 7) is 0.181. The van der Waals surface area contributed by atoms with E-state index < -0.39 is 17.8 Å². The van der Waals surface area contributed by atoms with E-state index in [4.69, 9.17) is 10.5 Å². The first-order chi connectivity index (χ1) is 9.50. The van der Waals surface area contributed by atoms with Crippen LogP contribution in [0, 0.1) is 0 Å². The number of alkyl halides is 3. The molecule has 106 valence electrons. The van der Waals surface area contributed by atoms with Gasteiger partial charge in [-0.3, -0.25) is 0 Å². The van der Waals surface area contributed by atoms with Crippen LogP contribution in [0.15, 0.2) is 54.6 Å². The van der Waals surface area contributed by atoms with E-state index in [1.807, 2.05) is 30.3 Å². The Morgan fingerprint density at radius 1 is 1.00 bits per heavy atom. The Balaban J connectivity index is 2.20. The van der Waals surface area contributed by atoms with E-state index in [2.05, 4.69) is 0 Å². The van der Waals surface area contributed by atoms with Crippen molar-refractivity contribution in [3.63, 3.8) is 0 Å². The molecule has 0 spiro atoms. The van der Waals surface area contributed by atoms with Gasteiger partial charge in [-0.2, -0.15) is 13.2 Å². The molecule has 0 aliphatic carbocycles. The Labute approximate surface area is 115 Å². The van der Waals surface area contributed by atoms with Gasteiger partial charge in [-0.05, 0) is 23.8 Å². The lowest BCUT2D eigenvalue weighted by Crippen LogP contribution is -2.18. The van der Waals surface area contributed by atoms with Crippen LogP contribution in [-0.2, 0) is 6.18 Å². The van der Waals surface area contributed by atoms with Crippen LogP contribution in [0.3, 0.4) is 0 Å². The molecule has 0 saturated carbocycles. The van der Waals surface area contributed by atoms with Gasteiger partial charge in [0.05, 0.1) is 5.56 Å². The Bertz CT molecular complexity index is 555. The topological polar surface area (TPSA) is 35.2 Å². The summed E-state index contributed by atoms with van der Waals surface area (Å²) in [7, 11) is 0. The third-order valence-electron chi connectivity index (χ3n) is 2.83. The standard InChI is InChI=1S/C15H14F3NO/c16-15(17,18)12-7-4-8-13(9-12)20-14(10-19)11-5-2-1-3-6-11/h1-9,14H,10,19H2. The van der Waals surface area contributed by atoms with Crippen LogP contribution < -0.4 is 10.5 Å². The number of hydrogen-bond acceptors (Lipinski definition) is 2. The second-order valence-corrected chi connectivity index (χ2v) is 4.28. The minimum atomic E-state index is -4.38. The Hall–Kier alpha value is -2.01. The first-order valence-electron chi connectivity index (χ1n) is 6.09. The summed E-state index contributed by atoms with van der Waals surface area (Å²) in [6, 6.07) is 13.9. The van der Waals surface area contributed by atoms with Crippen molar-refractivity contribution in [2.24, 2.45) is 5.73 Å². The summed E-state index contributed by atoms with van der Waals surface area (Å²) in [5.41, 5.74) is 5.72. The first kappa shape index (κ1) is 14.4. The average Bonchev–Trinajstić information content (AvgIpc) is 2.45. The zero-order chi connectivity index (χ0) is 14.6. The van der Waals surface area contributed by atoms with Gasteiger partial charge in [0.2, 0.25) is 0 Å². The molecular formula is C15H14F3NO. The van der Waals surface area contributed by atoms with Gasteiger partial charge >= 0.3 is 6.18 Å². The minimum absolute atomic E-state index is 0.152. The lowest BCUT2D eigenvalue weighted by molar-refractivity contribution is -0.137. The molecule has 0 aliphatic heterocycles. The zero-order valence-corrected chi connectivity index (χ0v) is 10.6. The van der Waals surface area contributed by atoms with Crippen LogP contribution in [0.5, 0.6) is 5.75 Å². The molecule has 0 heterocycles. The summed E-state index contributed by atoms with van der Waals surface area (Å²) in [6.07, 6.45) is -4.86. The molecule has 0 aromatic heterocycles. The molecule has 0 radical (unpaired) electrons. The first-order valence-corrected chi connectivity index (χ1v) is 6.09. The predicted molar refractivity (Wildman–Crippen MR) is 70.3 cm³/mol. The highest BCUT2D eigenvalue weighted by atomic mass is 19.4. The number of benzene rings is 2. The maximum Gasteiger partial charge on any atom is 0.416 e. The average molecular weight is 281 g/mol. The van der Waals surface area contributed by atoms with Crippen LogP contribution in [-0.4, -0.2) is 6.54 Å². The van der Waals surface area contributed by atoms with E-state index in [9.17, 15) is 13.2 Å². The molecule has 0 fully saturated rings. The smallest absolute Gasteiger partial charge is 0.416 e. The molecule has 0 amide bonds. The van der Waals surface area contributed by atoms with E-state index >= 15 is 0 Å². The van der Waals surface area contributed by atoms with E-state index in [-0.39, 0.29) is 12.3 Å². The third-order valence-corrected chi connectivity index (χ3v) is 2.83. The molecule has 20 heavy (non-hydrogen) atoms. The van der Waals surface area contributed by atoms with Crippen LogP contribution in [0.4, 0.5) is 13.2 Å². The van der Waals surface area contributed by atoms with Gasteiger partial charge in [-0.1, -0.05) is 36.4 Å². The highest BCUT2D eigenvalue weighted by molar-refractivity contribution is 5.31. The maximum absolute atomic E-state index is 12.6. The Morgan fingerprint density at radius 2 is 1.70 bits per heavy atom. The zero-order valence-electron chi connectivity index (χ0n) is 10.6. The fraction of sp³-hybridized carbons (Fsp3) is 0.200. The second-order valence-electron chi connectivity index (χ2n) is 4.28. The molecule has 2 nitrogen and oxygen atoms in total. The summed E-state index contributed by atoms with van der Waals surface area (Å²) in [5, 5.41) is 0. The van der Waals surface area contributed by atoms with Crippen LogP contribution >= 0.6 is 0 Å². The lowest BCUT2D eigenvalue weighted by Gasteiger charge is -2.18. The van der Waals surface area contributed by atoms with Gasteiger partial charge in [0.1, 0.15) is 11.9 Å². The molecule has 1 atom stereocenters. The number of ether oxygens (including phenoxy) is 1. The monoisotopic (exact) mass is 281 g/mol. The van der Waals surface area contributed by atoms with Crippen molar-refractivity contribution in [2.45, 2.75) is 12.3 Å². The summed E-state index contributed by atoms with van der Waals surface area (Å²) in [4.78, 5) is 0. The molecule has 2 rings (SSSR count). The van der Waals surface area contributed by atoms with Crippen molar-refractivity contribution in [2.75, 3.05) is 6.54 Å². The molecular weight excluding hydrogens is 267 g/mol. The number of hydrogen-bond donors (Lipinski definition) is 1. The fourth-order valence-corrected chi connectivity index (χ4v) is 1.83. The van der Waals surface area contributed by atoms with E-state index in [1.54, 1.807) is 0 Å². The quantitative estimate of drug-likeness (QED) is 0.925. The molecule has 5 heteroatoms. The molecule has 0 aliphatic rings. The van der Waals surface area contributed by atoms with E-state index in [1.165, 1.54) is 12.1 Å². The summed E-state index contributed by atoms with van der Waals surface area (Å²) < 4.78 is 43.5. The van der Waals surface area contributed by atoms with Crippen molar-refractivity contribution < 1.29 is 17.9 Å². The third kappa shape index (κ3) is 3.51. The van der Waals surface area contributed by atoms with E-state index in [0.717, 1.165) is 17.7 Å². The van der Waals surface area contributed by atoms with Crippen LogP contribution in [0.1, 0.15) is 17.2 Å². The molecule has 2 aromatic rings. The Kier molecular flexibility index (Phi) is 4.29. The summed E-state index contributed by atoms with van der Waals surface area (Å²) >= 11 is 0. The van der Waals surface area contributed by atoms with Crippen molar-refractivity contribution in [3.8, 4) is 5.75 Å². The van der Waals surface area contributed by atoms with Gasteiger partial charge in [0.15, 0.2) is 0 Å². The van der Waals surface area contributed by atoms with Gasteiger partial charge in [-0.15, -0.1) is 0 Å². The van der Waals surface area contributed by atoms with Gasteiger partial charge in [-0.25, -0.2) is 0 Å². The maximum atomic E-state index is 12.6. The molecule has 0 saturated heterocycles. The normalized spacial score (nSPS) is 13.0. The van der Waals surface area contributed by atoms with Crippen LogP contribution in [0.25, 0.3) is 0 Å².